The molecule has 6 heteroatoms. The molecular formula is C58H92O6. The summed E-state index contributed by atoms with van der Waals surface area (Å²) in [5.41, 5.74) is 2.07. The van der Waals surface area contributed by atoms with Crippen LogP contribution in [0, 0.1) is 5.41 Å². The number of unbranched alkanes of at least 4 members (excludes halogenated alkanes) is 22. The predicted molar refractivity (Wildman–Crippen MR) is 268 cm³/mol. The number of carbonyl (C=O) groups excluding carboxylic acids is 3. The molecule has 6 nitrogen and oxygen atoms in total. The number of rotatable bonds is 42. The Bertz CT molecular complexity index is 1370. The molecular weight excluding hydrogens is 793 g/mol. The van der Waals surface area contributed by atoms with E-state index in [0.29, 0.717) is 32.5 Å². The second-order valence-corrected chi connectivity index (χ2v) is 19.1. The molecule has 0 aliphatic carbocycles. The van der Waals surface area contributed by atoms with Crippen LogP contribution in [0.5, 0.6) is 0 Å². The SMILES string of the molecule is CCC(C)(C)CC(=O)OC(CCCCCCCC/C=C\CCCCCCCC(=O)OCc1ccccc1)CCCCCCCC/C=C\CCCCCCCC(=O)OCc1ccccc1. The topological polar surface area (TPSA) is 78.9 Å². The molecule has 360 valence electrons. The molecule has 0 N–H and O–H groups in total. The van der Waals surface area contributed by atoms with Crippen molar-refractivity contribution in [2.75, 3.05) is 0 Å². The summed E-state index contributed by atoms with van der Waals surface area (Å²) in [6, 6.07) is 19.7. The van der Waals surface area contributed by atoms with E-state index in [1.54, 1.807) is 0 Å². The van der Waals surface area contributed by atoms with Gasteiger partial charge >= 0.3 is 17.9 Å². The third-order valence-electron chi connectivity index (χ3n) is 12.5. The monoisotopic (exact) mass is 885 g/mol. The smallest absolute Gasteiger partial charge is 0.306 e. The van der Waals surface area contributed by atoms with E-state index in [0.717, 1.165) is 81.8 Å². The molecule has 2 aromatic rings. The molecule has 0 radical (unpaired) electrons. The summed E-state index contributed by atoms with van der Waals surface area (Å²) in [5.74, 6) is -0.191. The fraction of sp³-hybridized carbons (Fsp3) is 0.672. The Hall–Kier alpha value is -3.67. The Kier molecular flexibility index (Phi) is 35.0. The zero-order valence-electron chi connectivity index (χ0n) is 41.2. The lowest BCUT2D eigenvalue weighted by Gasteiger charge is -2.24. The van der Waals surface area contributed by atoms with Gasteiger partial charge in [0.25, 0.3) is 0 Å². The molecule has 0 aromatic heterocycles. The first-order valence-corrected chi connectivity index (χ1v) is 26.2. The second-order valence-electron chi connectivity index (χ2n) is 19.1. The van der Waals surface area contributed by atoms with E-state index in [2.05, 4.69) is 45.1 Å². The number of ether oxygens (including phenoxy) is 3. The van der Waals surface area contributed by atoms with E-state index in [-0.39, 0.29) is 29.4 Å². The lowest BCUT2D eigenvalue weighted by atomic mass is 9.87. The minimum atomic E-state index is -0.0892. The lowest BCUT2D eigenvalue weighted by Crippen LogP contribution is -2.23. The standard InChI is InChI=1S/C58H92O6/c1-4-58(2,3)49-57(61)64-54(45-37-27-23-19-15-11-7-5-9-13-17-21-25-29-39-47-55(59)62-50-52-41-33-31-34-42-52)46-38-28-24-20-16-12-8-6-10-14-18-22-26-30-40-48-56(60)63-51-53-43-35-32-36-44-53/h5-6,9-10,31-36,41-44,54H,4,7-8,11-30,37-40,45-51H2,1-3H3/b9-5-,10-6-. The Morgan fingerprint density at radius 1 is 0.453 bits per heavy atom. The molecule has 0 saturated heterocycles. The Morgan fingerprint density at radius 2 is 0.781 bits per heavy atom. The molecule has 0 spiro atoms. The van der Waals surface area contributed by atoms with Crippen LogP contribution in [0.3, 0.4) is 0 Å². The normalized spacial score (nSPS) is 11.8. The fourth-order valence-electron chi connectivity index (χ4n) is 7.90. The van der Waals surface area contributed by atoms with Gasteiger partial charge in [-0.05, 0) is 106 Å². The van der Waals surface area contributed by atoms with Gasteiger partial charge in [0.05, 0.1) is 6.42 Å². The molecule has 2 aromatic carbocycles. The lowest BCUT2D eigenvalue weighted by molar-refractivity contribution is -0.152. The van der Waals surface area contributed by atoms with E-state index in [9.17, 15) is 14.4 Å². The molecule has 0 unspecified atom stereocenters. The fourth-order valence-corrected chi connectivity index (χ4v) is 7.90. The maximum atomic E-state index is 12.9. The van der Waals surface area contributed by atoms with Crippen LogP contribution >= 0.6 is 0 Å². The van der Waals surface area contributed by atoms with Gasteiger partial charge in [0.1, 0.15) is 19.3 Å². The van der Waals surface area contributed by atoms with E-state index < -0.39 is 0 Å². The quantitative estimate of drug-likeness (QED) is 0.0286. The van der Waals surface area contributed by atoms with Crippen molar-refractivity contribution in [3.8, 4) is 0 Å². The van der Waals surface area contributed by atoms with Crippen LogP contribution in [-0.4, -0.2) is 24.0 Å². The van der Waals surface area contributed by atoms with E-state index >= 15 is 0 Å². The Balaban J connectivity index is 1.41. The summed E-state index contributed by atoms with van der Waals surface area (Å²) >= 11 is 0. The molecule has 64 heavy (non-hydrogen) atoms. The Morgan fingerprint density at radius 3 is 1.14 bits per heavy atom. The minimum absolute atomic E-state index is 0.00206. The molecule has 0 atom stereocenters. The molecule has 0 heterocycles. The van der Waals surface area contributed by atoms with Crippen LogP contribution in [0.4, 0.5) is 0 Å². The molecule has 0 amide bonds. The molecule has 0 aliphatic rings. The van der Waals surface area contributed by atoms with Crippen LogP contribution < -0.4 is 0 Å². The zero-order chi connectivity index (χ0) is 46.0. The van der Waals surface area contributed by atoms with Crippen LogP contribution in [0.1, 0.15) is 237 Å². The molecule has 0 aliphatic heterocycles. The summed E-state index contributed by atoms with van der Waals surface area (Å²) in [5, 5.41) is 0. The summed E-state index contributed by atoms with van der Waals surface area (Å²) in [7, 11) is 0. The summed E-state index contributed by atoms with van der Waals surface area (Å²) < 4.78 is 16.8. The second kappa shape index (κ2) is 39.7. The van der Waals surface area contributed by atoms with Crippen LogP contribution in [0.2, 0.25) is 0 Å². The number of carbonyl (C=O) groups is 3. The zero-order valence-corrected chi connectivity index (χ0v) is 41.2. The van der Waals surface area contributed by atoms with Crippen molar-refractivity contribution in [1.29, 1.82) is 0 Å². The highest BCUT2D eigenvalue weighted by molar-refractivity contribution is 5.70. The maximum absolute atomic E-state index is 12.9. The Labute approximate surface area is 392 Å². The predicted octanol–water partition coefficient (Wildman–Crippen LogP) is 17.0. The molecule has 0 bridgehead atoms. The van der Waals surface area contributed by atoms with Crippen LogP contribution in [-0.2, 0) is 41.8 Å². The number of hydrogen-bond donors (Lipinski definition) is 0. The van der Waals surface area contributed by atoms with Crippen LogP contribution in [0.15, 0.2) is 85.0 Å². The number of benzene rings is 2. The van der Waals surface area contributed by atoms with Gasteiger partial charge in [-0.2, -0.15) is 0 Å². The number of allylic oxidation sites excluding steroid dienone is 4. The number of hydrogen-bond acceptors (Lipinski definition) is 6. The summed E-state index contributed by atoms with van der Waals surface area (Å²) in [6.45, 7) is 7.23. The highest BCUT2D eigenvalue weighted by Crippen LogP contribution is 2.26. The van der Waals surface area contributed by atoms with Crippen molar-refractivity contribution in [3.05, 3.63) is 96.1 Å². The van der Waals surface area contributed by atoms with Crippen molar-refractivity contribution in [2.24, 2.45) is 5.41 Å². The van der Waals surface area contributed by atoms with Gasteiger partial charge in [0, 0.05) is 12.8 Å². The van der Waals surface area contributed by atoms with Gasteiger partial charge in [-0.3, -0.25) is 14.4 Å². The molecule has 2 rings (SSSR count). The summed E-state index contributed by atoms with van der Waals surface area (Å²) in [6.07, 6.45) is 45.0. The highest BCUT2D eigenvalue weighted by atomic mass is 16.5. The summed E-state index contributed by atoms with van der Waals surface area (Å²) in [4.78, 5) is 36.8. The van der Waals surface area contributed by atoms with Gasteiger partial charge in [0.15, 0.2) is 0 Å². The number of esters is 3. The van der Waals surface area contributed by atoms with E-state index in [1.165, 1.54) is 116 Å². The van der Waals surface area contributed by atoms with Crippen LogP contribution in [0.25, 0.3) is 0 Å². The average molecular weight is 885 g/mol. The first-order valence-electron chi connectivity index (χ1n) is 26.2. The highest BCUT2D eigenvalue weighted by Gasteiger charge is 2.23. The van der Waals surface area contributed by atoms with E-state index in [4.69, 9.17) is 14.2 Å². The van der Waals surface area contributed by atoms with Gasteiger partial charge in [-0.25, -0.2) is 0 Å². The van der Waals surface area contributed by atoms with Gasteiger partial charge in [0.2, 0.25) is 0 Å². The molecule has 0 fully saturated rings. The first kappa shape index (κ1) is 56.5. The first-order chi connectivity index (χ1) is 31.3. The van der Waals surface area contributed by atoms with Crippen molar-refractivity contribution < 1.29 is 28.6 Å². The van der Waals surface area contributed by atoms with Gasteiger partial charge in [-0.15, -0.1) is 0 Å². The minimum Gasteiger partial charge on any atom is -0.462 e. The van der Waals surface area contributed by atoms with Crippen molar-refractivity contribution >= 4 is 17.9 Å². The van der Waals surface area contributed by atoms with Gasteiger partial charge < -0.3 is 14.2 Å². The van der Waals surface area contributed by atoms with Gasteiger partial charge in [-0.1, -0.05) is 202 Å². The van der Waals surface area contributed by atoms with Crippen molar-refractivity contribution in [2.45, 2.75) is 246 Å². The average Bonchev–Trinajstić information content (AvgIpc) is 3.29. The van der Waals surface area contributed by atoms with E-state index in [1.807, 2.05) is 60.7 Å². The van der Waals surface area contributed by atoms with Crippen molar-refractivity contribution in [1.82, 2.24) is 0 Å². The molecule has 0 saturated carbocycles. The largest absolute Gasteiger partial charge is 0.462 e. The third-order valence-corrected chi connectivity index (χ3v) is 12.5. The third kappa shape index (κ3) is 34.7. The maximum Gasteiger partial charge on any atom is 0.306 e. The van der Waals surface area contributed by atoms with Crippen molar-refractivity contribution in [3.63, 3.8) is 0 Å².